The number of ether oxygens (including phenoxy) is 1. The Labute approximate surface area is 183 Å². The third-order valence-corrected chi connectivity index (χ3v) is 6.58. The molecule has 0 bridgehead atoms. The molecule has 3 aromatic rings. The highest BCUT2D eigenvalue weighted by Crippen LogP contribution is 2.43. The number of rotatable bonds is 5. The maximum absolute atomic E-state index is 13.1. The number of amides is 1. The molecular weight excluding hydrogens is 416 g/mol. The molecule has 2 aromatic carbocycles. The van der Waals surface area contributed by atoms with Crippen LogP contribution in [0.5, 0.6) is 0 Å². The number of hydrogen-bond acceptors (Lipinski definition) is 6. The molecule has 0 saturated heterocycles. The van der Waals surface area contributed by atoms with Crippen molar-refractivity contribution in [1.29, 1.82) is 0 Å². The van der Waals surface area contributed by atoms with Crippen molar-refractivity contribution in [3.05, 3.63) is 82.3 Å². The third kappa shape index (κ3) is 4.63. The first-order valence-electron chi connectivity index (χ1n) is 9.47. The average Bonchev–Trinajstić information content (AvgIpc) is 3.21. The average molecular weight is 437 g/mol. The first-order chi connectivity index (χ1) is 14.6. The summed E-state index contributed by atoms with van der Waals surface area (Å²) >= 11 is 3.23. The Morgan fingerprint density at radius 1 is 1.17 bits per heavy atom. The number of benzene rings is 2. The van der Waals surface area contributed by atoms with E-state index in [4.69, 9.17) is 4.74 Å². The van der Waals surface area contributed by atoms with Crippen molar-refractivity contribution < 1.29 is 14.3 Å². The molecule has 7 heteroatoms. The smallest absolute Gasteiger partial charge is 0.331 e. The topological polar surface area (TPSA) is 59.5 Å². The van der Waals surface area contributed by atoms with E-state index in [2.05, 4.69) is 4.98 Å². The van der Waals surface area contributed by atoms with Crippen LogP contribution >= 0.6 is 23.1 Å². The lowest BCUT2D eigenvalue weighted by Gasteiger charge is -2.37. The van der Waals surface area contributed by atoms with Gasteiger partial charge in [0.05, 0.1) is 22.4 Å². The molecule has 4 rings (SSSR count). The molecule has 0 saturated carbocycles. The van der Waals surface area contributed by atoms with Crippen LogP contribution in [0.25, 0.3) is 6.08 Å². The van der Waals surface area contributed by atoms with E-state index in [0.29, 0.717) is 5.69 Å². The number of fused-ring (bicyclic) bond motifs is 1. The Hall–Kier alpha value is -2.90. The fourth-order valence-corrected chi connectivity index (χ4v) is 5.03. The van der Waals surface area contributed by atoms with Gasteiger partial charge in [-0.1, -0.05) is 42.5 Å². The molecule has 0 aliphatic carbocycles. The summed E-state index contributed by atoms with van der Waals surface area (Å²) in [5.74, 6) is -0.0724. The van der Waals surface area contributed by atoms with E-state index < -0.39 is 5.97 Å². The number of nitrogens with zero attached hydrogens (tertiary/aromatic N) is 2. The van der Waals surface area contributed by atoms with Crippen LogP contribution in [0.15, 0.2) is 70.9 Å². The quantitative estimate of drug-likeness (QED) is 0.421. The van der Waals surface area contributed by atoms with Crippen molar-refractivity contribution >= 4 is 46.7 Å². The van der Waals surface area contributed by atoms with E-state index in [1.165, 1.54) is 17.4 Å². The monoisotopic (exact) mass is 436 g/mol. The van der Waals surface area contributed by atoms with Gasteiger partial charge in [-0.2, -0.15) is 0 Å². The summed E-state index contributed by atoms with van der Waals surface area (Å²) in [4.78, 5) is 32.3. The van der Waals surface area contributed by atoms with Gasteiger partial charge in [0.2, 0.25) is 0 Å². The molecule has 1 aromatic heterocycles. The molecule has 1 unspecified atom stereocenters. The molecule has 0 radical (unpaired) electrons. The van der Waals surface area contributed by atoms with E-state index in [9.17, 15) is 9.59 Å². The molecule has 1 atom stereocenters. The molecule has 1 amide bonds. The van der Waals surface area contributed by atoms with Crippen molar-refractivity contribution in [3.8, 4) is 0 Å². The predicted molar refractivity (Wildman–Crippen MR) is 121 cm³/mol. The highest BCUT2D eigenvalue weighted by Gasteiger charge is 2.32. The standard InChI is InChI=1S/C23H20N2O3S2/c1-16-24-18(14-29-16)11-12-23(27)28-13-22(26)25-19-9-5-6-10-21(19)30-15-20(25)17-7-3-2-4-8-17/h2-12,14,20H,13,15H2,1H3/b12-11+. The third-order valence-electron chi connectivity index (χ3n) is 4.65. The number of aryl methyl sites for hydroxylation is 1. The van der Waals surface area contributed by atoms with Crippen LogP contribution in [0.3, 0.4) is 0 Å². The second kappa shape index (κ2) is 9.28. The largest absolute Gasteiger partial charge is 0.452 e. The molecule has 0 fully saturated rings. The Bertz CT molecular complexity index is 1080. The number of aromatic nitrogens is 1. The van der Waals surface area contributed by atoms with Gasteiger partial charge < -0.3 is 4.74 Å². The molecule has 30 heavy (non-hydrogen) atoms. The van der Waals surface area contributed by atoms with Crippen molar-refractivity contribution in [2.75, 3.05) is 17.3 Å². The zero-order valence-corrected chi connectivity index (χ0v) is 18.0. The van der Waals surface area contributed by atoms with E-state index in [1.807, 2.05) is 66.9 Å². The van der Waals surface area contributed by atoms with Crippen molar-refractivity contribution in [1.82, 2.24) is 4.98 Å². The lowest BCUT2D eigenvalue weighted by molar-refractivity contribution is -0.143. The molecule has 1 aliphatic heterocycles. The van der Waals surface area contributed by atoms with Crippen LogP contribution < -0.4 is 4.90 Å². The normalized spacial score (nSPS) is 15.8. The molecule has 0 spiro atoms. The second-order valence-electron chi connectivity index (χ2n) is 6.70. The Morgan fingerprint density at radius 3 is 2.70 bits per heavy atom. The summed E-state index contributed by atoms with van der Waals surface area (Å²) < 4.78 is 5.24. The molecule has 5 nitrogen and oxygen atoms in total. The van der Waals surface area contributed by atoms with Gasteiger partial charge in [-0.15, -0.1) is 23.1 Å². The molecule has 2 heterocycles. The SMILES string of the molecule is Cc1nc(/C=C/C(=O)OCC(=O)N2c3ccccc3SCC2c2ccccc2)cs1. The lowest BCUT2D eigenvalue weighted by Crippen LogP contribution is -2.41. The van der Waals surface area contributed by atoms with Crippen LogP contribution in [0.1, 0.15) is 22.3 Å². The Kier molecular flexibility index (Phi) is 6.30. The van der Waals surface area contributed by atoms with Crippen LogP contribution in [0, 0.1) is 6.92 Å². The van der Waals surface area contributed by atoms with Crippen LogP contribution in [0.4, 0.5) is 5.69 Å². The number of thiazole rings is 1. The summed E-state index contributed by atoms with van der Waals surface area (Å²) in [5.41, 5.74) is 2.60. The number of thioether (sulfide) groups is 1. The number of para-hydroxylation sites is 1. The first kappa shape index (κ1) is 20.4. The van der Waals surface area contributed by atoms with Gasteiger partial charge in [-0.3, -0.25) is 9.69 Å². The van der Waals surface area contributed by atoms with Crippen molar-refractivity contribution in [3.63, 3.8) is 0 Å². The number of hydrogen-bond donors (Lipinski definition) is 0. The Balaban J connectivity index is 1.49. The zero-order chi connectivity index (χ0) is 20.9. The van der Waals surface area contributed by atoms with Gasteiger partial charge in [-0.25, -0.2) is 9.78 Å². The number of esters is 1. The maximum atomic E-state index is 13.1. The minimum absolute atomic E-state index is 0.120. The van der Waals surface area contributed by atoms with E-state index in [-0.39, 0.29) is 18.6 Å². The Morgan fingerprint density at radius 2 is 1.93 bits per heavy atom. The van der Waals surface area contributed by atoms with Crippen molar-refractivity contribution in [2.24, 2.45) is 0 Å². The highest BCUT2D eigenvalue weighted by atomic mass is 32.2. The zero-order valence-electron chi connectivity index (χ0n) is 16.4. The lowest BCUT2D eigenvalue weighted by atomic mass is 10.1. The molecular formula is C23H20N2O3S2. The van der Waals surface area contributed by atoms with E-state index in [0.717, 1.165) is 26.9 Å². The summed E-state index contributed by atoms with van der Waals surface area (Å²) in [5, 5.41) is 2.78. The predicted octanol–water partition coefficient (Wildman–Crippen LogP) is 4.89. The van der Waals surface area contributed by atoms with Gasteiger partial charge in [0.15, 0.2) is 6.61 Å². The summed E-state index contributed by atoms with van der Waals surface area (Å²) in [7, 11) is 0. The van der Waals surface area contributed by atoms with E-state index >= 15 is 0 Å². The summed E-state index contributed by atoms with van der Waals surface area (Å²) in [6, 6.07) is 17.6. The highest BCUT2D eigenvalue weighted by molar-refractivity contribution is 7.99. The van der Waals surface area contributed by atoms with Crippen LogP contribution in [-0.2, 0) is 14.3 Å². The fraction of sp³-hybridized carbons (Fsp3) is 0.174. The van der Waals surface area contributed by atoms with Gasteiger partial charge in [-0.05, 0) is 30.7 Å². The number of carbonyl (C=O) groups is 2. The van der Waals surface area contributed by atoms with Crippen LogP contribution in [-0.4, -0.2) is 29.2 Å². The van der Waals surface area contributed by atoms with Gasteiger partial charge in [0.25, 0.3) is 5.91 Å². The summed E-state index contributed by atoms with van der Waals surface area (Å²) in [6.45, 7) is 1.58. The minimum atomic E-state index is -0.565. The second-order valence-corrected chi connectivity index (χ2v) is 8.83. The van der Waals surface area contributed by atoms with Crippen molar-refractivity contribution in [2.45, 2.75) is 17.9 Å². The molecule has 1 aliphatic rings. The van der Waals surface area contributed by atoms with Crippen LogP contribution in [0.2, 0.25) is 0 Å². The van der Waals surface area contributed by atoms with Gasteiger partial charge in [0.1, 0.15) is 0 Å². The minimum Gasteiger partial charge on any atom is -0.452 e. The molecule has 0 N–H and O–H groups in total. The molecule has 152 valence electrons. The van der Waals surface area contributed by atoms with E-state index in [1.54, 1.807) is 22.7 Å². The van der Waals surface area contributed by atoms with Gasteiger partial charge >= 0.3 is 5.97 Å². The number of anilines is 1. The fourth-order valence-electron chi connectivity index (χ4n) is 3.28. The number of carbonyl (C=O) groups excluding carboxylic acids is 2. The maximum Gasteiger partial charge on any atom is 0.331 e. The summed E-state index contributed by atoms with van der Waals surface area (Å²) in [6.07, 6.45) is 2.90. The van der Waals surface area contributed by atoms with Gasteiger partial charge in [0, 0.05) is 22.1 Å². The first-order valence-corrected chi connectivity index (χ1v) is 11.3.